The normalized spacial score (nSPS) is 15.8. The van der Waals surface area contributed by atoms with E-state index in [1.807, 2.05) is 43.0 Å². The third-order valence-electron chi connectivity index (χ3n) is 5.65. The SMILES string of the molecule is CC(C)[C@@H](NC(=O)Cc1cccc(F)c1)C(=O)N1CCC(c2ccc(Cl)cc2)CC1. The van der Waals surface area contributed by atoms with E-state index in [1.54, 1.807) is 12.1 Å². The van der Waals surface area contributed by atoms with Gasteiger partial charge < -0.3 is 10.2 Å². The molecule has 0 radical (unpaired) electrons. The van der Waals surface area contributed by atoms with E-state index < -0.39 is 6.04 Å². The van der Waals surface area contributed by atoms with Gasteiger partial charge in [0.15, 0.2) is 0 Å². The van der Waals surface area contributed by atoms with E-state index in [1.165, 1.54) is 17.7 Å². The first kappa shape index (κ1) is 22.3. The lowest BCUT2D eigenvalue weighted by atomic mass is 9.89. The maximum Gasteiger partial charge on any atom is 0.245 e. The number of rotatable bonds is 6. The number of hydrogen-bond donors (Lipinski definition) is 1. The van der Waals surface area contributed by atoms with Crippen LogP contribution >= 0.6 is 11.6 Å². The molecule has 0 bridgehead atoms. The molecule has 0 unspecified atom stereocenters. The fourth-order valence-electron chi connectivity index (χ4n) is 3.94. The first-order valence-corrected chi connectivity index (χ1v) is 10.8. The lowest BCUT2D eigenvalue weighted by molar-refractivity contribution is -0.138. The molecule has 0 aliphatic carbocycles. The molecular weight excluding hydrogens is 403 g/mol. The molecule has 4 nitrogen and oxygen atoms in total. The van der Waals surface area contributed by atoms with Crippen LogP contribution in [0.5, 0.6) is 0 Å². The summed E-state index contributed by atoms with van der Waals surface area (Å²) >= 11 is 5.97. The van der Waals surface area contributed by atoms with Crippen LogP contribution in [0.3, 0.4) is 0 Å². The fourth-order valence-corrected chi connectivity index (χ4v) is 4.06. The number of benzene rings is 2. The molecule has 0 aromatic heterocycles. The van der Waals surface area contributed by atoms with Crippen molar-refractivity contribution in [1.29, 1.82) is 0 Å². The summed E-state index contributed by atoms with van der Waals surface area (Å²) in [6, 6.07) is 13.3. The second-order valence-electron chi connectivity index (χ2n) is 8.25. The van der Waals surface area contributed by atoms with Crippen LogP contribution in [-0.2, 0) is 16.0 Å². The van der Waals surface area contributed by atoms with Crippen LogP contribution in [0.15, 0.2) is 48.5 Å². The number of carbonyl (C=O) groups is 2. The molecule has 30 heavy (non-hydrogen) atoms. The molecule has 1 fully saturated rings. The van der Waals surface area contributed by atoms with Crippen molar-refractivity contribution in [2.45, 2.75) is 45.1 Å². The van der Waals surface area contributed by atoms with Gasteiger partial charge in [0.1, 0.15) is 11.9 Å². The van der Waals surface area contributed by atoms with Crippen LogP contribution < -0.4 is 5.32 Å². The Kier molecular flexibility index (Phi) is 7.48. The van der Waals surface area contributed by atoms with Crippen molar-refractivity contribution < 1.29 is 14.0 Å². The predicted molar refractivity (Wildman–Crippen MR) is 117 cm³/mol. The molecule has 3 rings (SSSR count). The summed E-state index contributed by atoms with van der Waals surface area (Å²) in [6.07, 6.45) is 1.82. The molecule has 1 heterocycles. The van der Waals surface area contributed by atoms with Crippen molar-refractivity contribution in [3.8, 4) is 0 Å². The largest absolute Gasteiger partial charge is 0.344 e. The quantitative estimate of drug-likeness (QED) is 0.729. The number of nitrogens with one attached hydrogen (secondary N) is 1. The molecule has 1 N–H and O–H groups in total. The molecule has 1 aliphatic rings. The van der Waals surface area contributed by atoms with Gasteiger partial charge in [0.05, 0.1) is 6.42 Å². The molecule has 2 amide bonds. The van der Waals surface area contributed by atoms with Crippen molar-refractivity contribution in [2.24, 2.45) is 5.92 Å². The van der Waals surface area contributed by atoms with Gasteiger partial charge in [-0.05, 0) is 60.1 Å². The molecule has 160 valence electrons. The van der Waals surface area contributed by atoms with Crippen LogP contribution in [0.4, 0.5) is 4.39 Å². The van der Waals surface area contributed by atoms with Gasteiger partial charge in [-0.15, -0.1) is 0 Å². The minimum atomic E-state index is -0.585. The average Bonchev–Trinajstić information content (AvgIpc) is 2.72. The van der Waals surface area contributed by atoms with Gasteiger partial charge >= 0.3 is 0 Å². The van der Waals surface area contributed by atoms with E-state index in [4.69, 9.17) is 11.6 Å². The van der Waals surface area contributed by atoms with Crippen LogP contribution in [0.2, 0.25) is 5.02 Å². The second kappa shape index (κ2) is 10.1. The number of hydrogen-bond acceptors (Lipinski definition) is 2. The second-order valence-corrected chi connectivity index (χ2v) is 8.68. The topological polar surface area (TPSA) is 49.4 Å². The Morgan fingerprint density at radius 2 is 1.80 bits per heavy atom. The van der Waals surface area contributed by atoms with E-state index in [-0.39, 0.29) is 30.0 Å². The highest BCUT2D eigenvalue weighted by Crippen LogP contribution is 2.29. The summed E-state index contributed by atoms with van der Waals surface area (Å²) in [6.45, 7) is 5.17. The minimum Gasteiger partial charge on any atom is -0.344 e. The van der Waals surface area contributed by atoms with Crippen molar-refractivity contribution >= 4 is 23.4 Å². The Bertz CT molecular complexity index is 877. The van der Waals surface area contributed by atoms with Gasteiger partial charge in [-0.2, -0.15) is 0 Å². The van der Waals surface area contributed by atoms with Crippen LogP contribution in [-0.4, -0.2) is 35.8 Å². The highest BCUT2D eigenvalue weighted by Gasteiger charge is 2.31. The molecule has 0 saturated carbocycles. The zero-order chi connectivity index (χ0) is 21.7. The number of amides is 2. The first-order valence-electron chi connectivity index (χ1n) is 10.4. The standard InChI is InChI=1S/C24H28ClFN2O2/c1-16(2)23(27-22(29)15-17-4-3-5-21(26)14-17)24(30)28-12-10-19(11-13-28)18-6-8-20(25)9-7-18/h3-9,14,16,19,23H,10-13,15H2,1-2H3,(H,27,29)/t23-/m1/s1. The first-order chi connectivity index (χ1) is 14.3. The van der Waals surface area contributed by atoms with E-state index >= 15 is 0 Å². The highest BCUT2D eigenvalue weighted by molar-refractivity contribution is 6.30. The van der Waals surface area contributed by atoms with Gasteiger partial charge in [-0.3, -0.25) is 9.59 Å². The lowest BCUT2D eigenvalue weighted by Gasteiger charge is -2.35. The number of likely N-dealkylation sites (tertiary alicyclic amines) is 1. The summed E-state index contributed by atoms with van der Waals surface area (Å²) in [5, 5.41) is 3.59. The number of piperidine rings is 1. The molecule has 1 saturated heterocycles. The van der Waals surface area contributed by atoms with E-state index in [0.717, 1.165) is 17.9 Å². The number of halogens is 2. The highest BCUT2D eigenvalue weighted by atomic mass is 35.5. The Morgan fingerprint density at radius 3 is 2.40 bits per heavy atom. The van der Waals surface area contributed by atoms with Gasteiger partial charge in [-0.1, -0.05) is 49.7 Å². The van der Waals surface area contributed by atoms with Crippen molar-refractivity contribution in [3.05, 3.63) is 70.5 Å². The Morgan fingerprint density at radius 1 is 1.13 bits per heavy atom. The summed E-state index contributed by atoms with van der Waals surface area (Å²) in [5.74, 6) is -0.328. The summed E-state index contributed by atoms with van der Waals surface area (Å²) in [7, 11) is 0. The number of carbonyl (C=O) groups excluding carboxylic acids is 2. The van der Waals surface area contributed by atoms with Crippen molar-refractivity contribution in [3.63, 3.8) is 0 Å². The molecule has 6 heteroatoms. The van der Waals surface area contributed by atoms with Gasteiger partial charge in [0.25, 0.3) is 0 Å². The Labute approximate surface area is 182 Å². The van der Waals surface area contributed by atoms with Crippen molar-refractivity contribution in [2.75, 3.05) is 13.1 Å². The molecule has 1 atom stereocenters. The van der Waals surface area contributed by atoms with Crippen LogP contribution in [0.1, 0.15) is 43.7 Å². The maximum atomic E-state index is 13.4. The Balaban J connectivity index is 1.57. The zero-order valence-electron chi connectivity index (χ0n) is 17.4. The third-order valence-corrected chi connectivity index (χ3v) is 5.90. The molecular formula is C24H28ClFN2O2. The lowest BCUT2D eigenvalue weighted by Crippen LogP contribution is -2.53. The molecule has 2 aromatic carbocycles. The van der Waals surface area contributed by atoms with Crippen molar-refractivity contribution in [1.82, 2.24) is 10.2 Å². The number of nitrogens with zero attached hydrogens (tertiary/aromatic N) is 1. The molecule has 1 aliphatic heterocycles. The zero-order valence-corrected chi connectivity index (χ0v) is 18.2. The maximum absolute atomic E-state index is 13.4. The summed E-state index contributed by atoms with van der Waals surface area (Å²) in [4.78, 5) is 27.4. The summed E-state index contributed by atoms with van der Waals surface area (Å²) in [5.41, 5.74) is 1.83. The van der Waals surface area contributed by atoms with E-state index in [2.05, 4.69) is 5.32 Å². The smallest absolute Gasteiger partial charge is 0.245 e. The van der Waals surface area contributed by atoms with Crippen LogP contribution in [0, 0.1) is 11.7 Å². The third kappa shape index (κ3) is 5.82. The molecule has 2 aromatic rings. The summed E-state index contributed by atoms with van der Waals surface area (Å²) < 4.78 is 13.4. The van der Waals surface area contributed by atoms with Gasteiger partial charge in [-0.25, -0.2) is 4.39 Å². The van der Waals surface area contributed by atoms with Gasteiger partial charge in [0, 0.05) is 18.1 Å². The fraction of sp³-hybridized carbons (Fsp3) is 0.417. The molecule has 0 spiro atoms. The van der Waals surface area contributed by atoms with Gasteiger partial charge in [0.2, 0.25) is 11.8 Å². The van der Waals surface area contributed by atoms with E-state index in [0.29, 0.717) is 24.6 Å². The van der Waals surface area contributed by atoms with Crippen LogP contribution in [0.25, 0.3) is 0 Å². The monoisotopic (exact) mass is 430 g/mol. The Hall–Kier alpha value is -2.40. The minimum absolute atomic E-state index is 0.0389. The van der Waals surface area contributed by atoms with E-state index in [9.17, 15) is 14.0 Å². The predicted octanol–water partition coefficient (Wildman–Crippen LogP) is 4.57. The average molecular weight is 431 g/mol.